The fraction of sp³-hybridized carbons (Fsp3) is 0.333. The highest BCUT2D eigenvalue weighted by Crippen LogP contribution is 2.38. The number of hydrogen-bond donors (Lipinski definition) is 1. The first-order valence-electron chi connectivity index (χ1n) is 6.63. The van der Waals surface area contributed by atoms with Gasteiger partial charge < -0.3 is 19.9 Å². The standard InChI is InChI=1S/C15H17NO3S/c16-4-1-12-7-14-15(19-10-18-14)8-13(12)17-5-2-11-3-6-20-9-11/h3,6-9H,1-2,4-5,10,16H2. The molecule has 0 bridgehead atoms. The average molecular weight is 291 g/mol. The lowest BCUT2D eigenvalue weighted by Crippen LogP contribution is -2.07. The minimum Gasteiger partial charge on any atom is -0.493 e. The summed E-state index contributed by atoms with van der Waals surface area (Å²) >= 11 is 1.70. The van der Waals surface area contributed by atoms with Crippen LogP contribution in [-0.2, 0) is 12.8 Å². The Hall–Kier alpha value is -1.72. The van der Waals surface area contributed by atoms with Crippen LogP contribution in [0, 0.1) is 0 Å². The van der Waals surface area contributed by atoms with Crippen LogP contribution in [0.4, 0.5) is 0 Å². The van der Waals surface area contributed by atoms with Crippen LogP contribution in [0.25, 0.3) is 0 Å². The molecule has 0 aliphatic carbocycles. The molecule has 4 nitrogen and oxygen atoms in total. The summed E-state index contributed by atoms with van der Waals surface area (Å²) in [6, 6.07) is 5.99. The second-order valence-electron chi connectivity index (χ2n) is 4.58. The second-order valence-corrected chi connectivity index (χ2v) is 5.36. The molecule has 2 heterocycles. The highest BCUT2D eigenvalue weighted by Gasteiger charge is 2.17. The maximum absolute atomic E-state index is 5.90. The van der Waals surface area contributed by atoms with Gasteiger partial charge in [-0.15, -0.1) is 0 Å². The van der Waals surface area contributed by atoms with E-state index in [2.05, 4.69) is 16.8 Å². The number of benzene rings is 1. The van der Waals surface area contributed by atoms with Crippen molar-refractivity contribution < 1.29 is 14.2 Å². The van der Waals surface area contributed by atoms with Crippen LogP contribution in [-0.4, -0.2) is 19.9 Å². The lowest BCUT2D eigenvalue weighted by Gasteiger charge is -2.12. The van der Waals surface area contributed by atoms with Crippen molar-refractivity contribution in [2.75, 3.05) is 19.9 Å². The summed E-state index contributed by atoms with van der Waals surface area (Å²) in [5.74, 6) is 2.37. The largest absolute Gasteiger partial charge is 0.493 e. The van der Waals surface area contributed by atoms with Gasteiger partial charge in [0.05, 0.1) is 6.61 Å². The van der Waals surface area contributed by atoms with Gasteiger partial charge in [0.15, 0.2) is 11.5 Å². The number of fused-ring (bicyclic) bond motifs is 1. The number of hydrogen-bond acceptors (Lipinski definition) is 5. The maximum Gasteiger partial charge on any atom is 0.231 e. The molecule has 0 saturated heterocycles. The molecule has 0 radical (unpaired) electrons. The molecular formula is C15H17NO3S. The molecule has 1 aromatic carbocycles. The van der Waals surface area contributed by atoms with Gasteiger partial charge >= 0.3 is 0 Å². The summed E-state index contributed by atoms with van der Waals surface area (Å²) in [5.41, 5.74) is 8.03. The van der Waals surface area contributed by atoms with Gasteiger partial charge in [0, 0.05) is 12.5 Å². The van der Waals surface area contributed by atoms with E-state index in [1.807, 2.05) is 12.1 Å². The molecule has 1 aliphatic heterocycles. The van der Waals surface area contributed by atoms with Gasteiger partial charge in [-0.05, 0) is 47.0 Å². The number of nitrogens with two attached hydrogens (primary N) is 1. The minimum absolute atomic E-state index is 0.274. The van der Waals surface area contributed by atoms with Crippen LogP contribution in [0.15, 0.2) is 29.0 Å². The maximum atomic E-state index is 5.90. The third kappa shape index (κ3) is 2.89. The first kappa shape index (κ1) is 13.3. The second kappa shape index (κ2) is 6.15. The van der Waals surface area contributed by atoms with Gasteiger partial charge in [-0.1, -0.05) is 0 Å². The topological polar surface area (TPSA) is 53.7 Å². The summed E-state index contributed by atoms with van der Waals surface area (Å²) < 4.78 is 16.7. The van der Waals surface area contributed by atoms with Crippen molar-refractivity contribution in [3.8, 4) is 17.2 Å². The van der Waals surface area contributed by atoms with E-state index in [1.54, 1.807) is 11.3 Å². The molecule has 0 atom stereocenters. The Labute approximate surface area is 122 Å². The summed E-state index contributed by atoms with van der Waals surface area (Å²) in [4.78, 5) is 0. The van der Waals surface area contributed by atoms with Crippen molar-refractivity contribution in [3.63, 3.8) is 0 Å². The normalized spacial score (nSPS) is 12.7. The van der Waals surface area contributed by atoms with Gasteiger partial charge in [0.1, 0.15) is 5.75 Å². The van der Waals surface area contributed by atoms with Crippen LogP contribution in [0.1, 0.15) is 11.1 Å². The Bertz CT molecular complexity index is 569. The van der Waals surface area contributed by atoms with Crippen molar-refractivity contribution in [3.05, 3.63) is 40.1 Å². The third-order valence-corrected chi connectivity index (χ3v) is 3.93. The fourth-order valence-electron chi connectivity index (χ4n) is 2.16. The van der Waals surface area contributed by atoms with E-state index in [0.717, 1.165) is 35.7 Å². The number of rotatable bonds is 6. The first-order chi connectivity index (χ1) is 9.86. The van der Waals surface area contributed by atoms with E-state index >= 15 is 0 Å². The van der Waals surface area contributed by atoms with Crippen molar-refractivity contribution in [1.82, 2.24) is 0 Å². The predicted octanol–water partition coefficient (Wildman–Crippen LogP) is 2.60. The Morgan fingerprint density at radius 3 is 2.80 bits per heavy atom. The van der Waals surface area contributed by atoms with Crippen molar-refractivity contribution in [1.29, 1.82) is 0 Å². The molecule has 1 aliphatic rings. The molecule has 20 heavy (non-hydrogen) atoms. The number of ether oxygens (including phenoxy) is 3. The van der Waals surface area contributed by atoms with E-state index in [-0.39, 0.29) is 6.79 Å². The molecule has 0 saturated carbocycles. The Balaban J connectivity index is 1.70. The van der Waals surface area contributed by atoms with E-state index in [4.69, 9.17) is 19.9 Å². The van der Waals surface area contributed by atoms with Crippen molar-refractivity contribution in [2.45, 2.75) is 12.8 Å². The quantitative estimate of drug-likeness (QED) is 0.889. The molecule has 3 rings (SSSR count). The molecule has 5 heteroatoms. The lowest BCUT2D eigenvalue weighted by atomic mass is 10.1. The molecular weight excluding hydrogens is 274 g/mol. The Morgan fingerprint density at radius 1 is 1.20 bits per heavy atom. The predicted molar refractivity (Wildman–Crippen MR) is 78.8 cm³/mol. The molecule has 1 aromatic heterocycles. The molecule has 106 valence electrons. The summed E-state index contributed by atoms with van der Waals surface area (Å²) in [6.45, 7) is 1.50. The van der Waals surface area contributed by atoms with Gasteiger partial charge in [-0.25, -0.2) is 0 Å². The molecule has 2 N–H and O–H groups in total. The van der Waals surface area contributed by atoms with E-state index < -0.39 is 0 Å². The number of thiophene rings is 1. The highest BCUT2D eigenvalue weighted by atomic mass is 32.1. The third-order valence-electron chi connectivity index (χ3n) is 3.20. The van der Waals surface area contributed by atoms with Crippen molar-refractivity contribution >= 4 is 11.3 Å². The van der Waals surface area contributed by atoms with Gasteiger partial charge in [-0.2, -0.15) is 11.3 Å². The van der Waals surface area contributed by atoms with Gasteiger partial charge in [-0.3, -0.25) is 0 Å². The first-order valence-corrected chi connectivity index (χ1v) is 7.57. The SMILES string of the molecule is NCCc1cc2c(cc1OCCc1ccsc1)OCO2. The monoisotopic (exact) mass is 291 g/mol. The van der Waals surface area contributed by atoms with Gasteiger partial charge in [0.25, 0.3) is 0 Å². The zero-order chi connectivity index (χ0) is 13.8. The minimum atomic E-state index is 0.274. The summed E-state index contributed by atoms with van der Waals surface area (Å²) in [5, 5.41) is 4.22. The molecule has 0 spiro atoms. The van der Waals surface area contributed by atoms with Gasteiger partial charge in [0.2, 0.25) is 6.79 Å². The van der Waals surface area contributed by atoms with Crippen LogP contribution < -0.4 is 19.9 Å². The molecule has 0 unspecified atom stereocenters. The summed E-state index contributed by atoms with van der Waals surface area (Å²) in [6.07, 6.45) is 1.67. The molecule has 2 aromatic rings. The molecule has 0 fully saturated rings. The van der Waals surface area contributed by atoms with Crippen molar-refractivity contribution in [2.24, 2.45) is 5.73 Å². The van der Waals surface area contributed by atoms with E-state index in [9.17, 15) is 0 Å². The Morgan fingerprint density at radius 2 is 2.05 bits per heavy atom. The lowest BCUT2D eigenvalue weighted by molar-refractivity contribution is 0.173. The van der Waals surface area contributed by atoms with Crippen LogP contribution >= 0.6 is 11.3 Å². The van der Waals surface area contributed by atoms with E-state index in [1.165, 1.54) is 5.56 Å². The summed E-state index contributed by atoms with van der Waals surface area (Å²) in [7, 11) is 0. The van der Waals surface area contributed by atoms with Crippen LogP contribution in [0.2, 0.25) is 0 Å². The van der Waals surface area contributed by atoms with Crippen LogP contribution in [0.3, 0.4) is 0 Å². The fourth-order valence-corrected chi connectivity index (χ4v) is 2.87. The zero-order valence-corrected chi connectivity index (χ0v) is 11.9. The highest BCUT2D eigenvalue weighted by molar-refractivity contribution is 7.07. The van der Waals surface area contributed by atoms with Crippen LogP contribution in [0.5, 0.6) is 17.2 Å². The smallest absolute Gasteiger partial charge is 0.231 e. The average Bonchev–Trinajstić information content (AvgIpc) is 3.10. The molecule has 0 amide bonds. The van der Waals surface area contributed by atoms with E-state index in [0.29, 0.717) is 13.2 Å². The zero-order valence-electron chi connectivity index (χ0n) is 11.1. The Kier molecular flexibility index (Phi) is 4.08.